The van der Waals surface area contributed by atoms with Crippen molar-refractivity contribution in [3.8, 4) is 5.75 Å². The molecule has 0 amide bonds. The van der Waals surface area contributed by atoms with E-state index in [1.54, 1.807) is 0 Å². The molecule has 0 saturated carbocycles. The van der Waals surface area contributed by atoms with Gasteiger partial charge in [-0.25, -0.2) is 16.8 Å². The summed E-state index contributed by atoms with van der Waals surface area (Å²) in [6.45, 7) is 0.835. The molecular weight excluding hydrogens is 1120 g/mol. The average molecular weight is 1150 g/mol. The number of nitrogens with two attached hydrogens (primary N) is 1. The summed E-state index contributed by atoms with van der Waals surface area (Å²) in [6, 6.07) is 17.4. The van der Waals surface area contributed by atoms with Crippen LogP contribution in [0.15, 0.2) is 124 Å². The van der Waals surface area contributed by atoms with Crippen molar-refractivity contribution in [3.63, 3.8) is 0 Å². The van der Waals surface area contributed by atoms with Crippen molar-refractivity contribution in [1.82, 2.24) is 15.0 Å². The maximum Gasteiger partial charge on any atom is 1.00 e. The number of nitrogens with one attached hydrogen (secondary N) is 2. The third-order valence-corrected chi connectivity index (χ3v) is 12.9. The molecule has 0 radical (unpaired) electrons. The Balaban J connectivity index is 0.00000444. The minimum atomic E-state index is -5.46. The zero-order valence-corrected chi connectivity index (χ0v) is 50.4. The van der Waals surface area contributed by atoms with Crippen LogP contribution < -0.4 is 150 Å². The molecular formula is C35H25ClN10Na4O17S5. The second kappa shape index (κ2) is 31.3. The molecule has 37 heteroatoms. The van der Waals surface area contributed by atoms with Crippen molar-refractivity contribution in [3.05, 3.63) is 84.1 Å². The normalized spacial score (nSPS) is 11.4. The van der Waals surface area contributed by atoms with Gasteiger partial charge in [0.25, 0.3) is 0 Å². The number of nitrogens with zero attached hydrogens (tertiary/aromatic N) is 7. The number of phenols is 1. The molecule has 5 N–H and O–H groups in total. The van der Waals surface area contributed by atoms with E-state index in [1.807, 2.05) is 0 Å². The Morgan fingerprint density at radius 1 is 0.736 bits per heavy atom. The molecule has 27 nitrogen and oxygen atoms in total. The predicted octanol–water partition coefficient (Wildman–Crippen LogP) is -6.77. The minimum Gasteiger partial charge on any atom is -0.744 e. The molecule has 6 aromatic rings. The van der Waals surface area contributed by atoms with Gasteiger partial charge in [-0.05, 0) is 95.8 Å². The van der Waals surface area contributed by atoms with Crippen molar-refractivity contribution in [2.45, 2.75) is 31.4 Å². The Labute approximate surface area is 513 Å². The van der Waals surface area contributed by atoms with E-state index in [0.29, 0.717) is 34.7 Å². The van der Waals surface area contributed by atoms with Gasteiger partial charge in [-0.2, -0.15) is 33.1 Å². The Kier molecular flexibility index (Phi) is 28.8. The summed E-state index contributed by atoms with van der Waals surface area (Å²) < 4.78 is 81.0. The molecule has 0 atom stereocenters. The number of rotatable bonds is 22. The van der Waals surface area contributed by atoms with Crippen molar-refractivity contribution < 1.29 is 198 Å². The van der Waals surface area contributed by atoms with Gasteiger partial charge in [-0.1, -0.05) is 0 Å². The molecule has 0 bridgehead atoms. The first-order valence-electron chi connectivity index (χ1n) is 18.0. The number of carbonyl (C=O) groups is 1. The first-order chi connectivity index (χ1) is 32.5. The summed E-state index contributed by atoms with van der Waals surface area (Å²) in [5.41, 5.74) is 5.44. The van der Waals surface area contributed by atoms with E-state index in [-0.39, 0.29) is 208 Å². The van der Waals surface area contributed by atoms with E-state index in [4.69, 9.17) is 22.1 Å². The second-order valence-electron chi connectivity index (χ2n) is 12.7. The predicted molar refractivity (Wildman–Crippen MR) is 230 cm³/mol. The fourth-order valence-corrected chi connectivity index (χ4v) is 8.69. The summed E-state index contributed by atoms with van der Waals surface area (Å²) in [4.78, 5) is 22.6. The molecule has 0 aliphatic heterocycles. The molecule has 0 unspecified atom stereocenters. The van der Waals surface area contributed by atoms with Gasteiger partial charge in [0.15, 0.2) is 15.6 Å². The number of hydrogen-bond acceptors (Lipinski definition) is 30. The number of benzene rings is 5. The number of fused-ring (bicyclic) bond motifs is 1. The topological polar surface area (TPSA) is 401 Å². The van der Waals surface area contributed by atoms with Gasteiger partial charge in [0.05, 0.1) is 78.2 Å². The first-order valence-corrected chi connectivity index (χ1v) is 23.6. The molecule has 0 saturated heterocycles. The number of nitrogen functional groups attached to an aromatic ring is 1. The number of phenolic OH excluding ortho intramolecular Hbond substituents is 1. The fraction of sp³-hybridized carbons (Fsp3) is 0.0857. The zero-order chi connectivity index (χ0) is 49.0. The third kappa shape index (κ3) is 18.7. The third-order valence-electron chi connectivity index (χ3n) is 8.35. The number of hydrogen-bond donors (Lipinski definition) is 4. The van der Waals surface area contributed by atoms with Crippen molar-refractivity contribution in [2.24, 2.45) is 20.5 Å². The smallest absolute Gasteiger partial charge is 0.744 e. The molecule has 0 fully saturated rings. The van der Waals surface area contributed by atoms with Gasteiger partial charge in [-0.3, -0.25) is 19.9 Å². The van der Waals surface area contributed by atoms with E-state index in [2.05, 4.69) is 74.2 Å². The molecule has 0 aliphatic carbocycles. The van der Waals surface area contributed by atoms with E-state index in [1.165, 1.54) is 66.7 Å². The number of halogens is 1. The fourth-order valence-electron chi connectivity index (χ4n) is 5.52. The van der Waals surface area contributed by atoms with Crippen LogP contribution in [-0.2, 0) is 57.6 Å². The monoisotopic (exact) mass is 1140 g/mol. The average Bonchev–Trinajstić information content (AvgIpc) is 3.29. The molecule has 5 aromatic carbocycles. The molecule has 0 aliphatic rings. The molecule has 72 heavy (non-hydrogen) atoms. The van der Waals surface area contributed by atoms with Crippen molar-refractivity contribution >= 4 is 136 Å². The summed E-state index contributed by atoms with van der Waals surface area (Å²) >= 11 is 7.42. The zero-order valence-electron chi connectivity index (χ0n) is 37.5. The standard InChI is InChI=1S/C35H29ClN10O17S5.4Na/c1-17(47)57-12-13-67(52,53)23-9-4-19(5-10-23)38-34-40-33(36)41-35(42-34)39-21-6-11-25(65-62-59-50)24(16-21)44-46-31-27(68(54,55)56)15-18-14-26(66-63-60-51)30(29(37)28(18)32(31)48)45-43-20-2-7-22(8-3-20)64-61-58-49;;;;/h2-11,14-16,48-51H,12-13,37H2,1H3,(H,54,55,56)(H2,38,39,40,41,42);;;;/q;4*+1/p-4. The number of anilines is 5. The van der Waals surface area contributed by atoms with Crippen LogP contribution in [0.4, 0.5) is 51.7 Å². The summed E-state index contributed by atoms with van der Waals surface area (Å²) in [6.07, 6.45) is 0. The van der Waals surface area contributed by atoms with Crippen LogP contribution in [-0.4, -0.2) is 59.8 Å². The number of carbonyl (C=O) groups excluding carboxylic acids is 1. The van der Waals surface area contributed by atoms with Gasteiger partial charge >= 0.3 is 124 Å². The number of sulfone groups is 1. The molecule has 0 spiro atoms. The largest absolute Gasteiger partial charge is 1.00 e. The Morgan fingerprint density at radius 3 is 1.90 bits per heavy atom. The van der Waals surface area contributed by atoms with E-state index in [0.717, 1.165) is 19.1 Å². The second-order valence-corrected chi connectivity index (χ2v) is 18.7. The van der Waals surface area contributed by atoms with Gasteiger partial charge in [0.2, 0.25) is 17.2 Å². The Hall–Kier alpha value is -1.92. The van der Waals surface area contributed by atoms with Gasteiger partial charge in [-0.15, -0.1) is 15.3 Å². The Bertz CT molecular complexity index is 3110. The van der Waals surface area contributed by atoms with E-state index < -0.39 is 48.0 Å². The summed E-state index contributed by atoms with van der Waals surface area (Å²) in [7, 11) is -9.24. The van der Waals surface area contributed by atoms with Gasteiger partial charge in [0, 0.05) is 23.2 Å². The van der Waals surface area contributed by atoms with Crippen LogP contribution >= 0.6 is 47.7 Å². The summed E-state index contributed by atoms with van der Waals surface area (Å²) in [5.74, 6) is -2.29. The minimum absolute atomic E-state index is 0. The molecule has 6 rings (SSSR count). The van der Waals surface area contributed by atoms with Crippen LogP contribution in [0.2, 0.25) is 5.28 Å². The number of ether oxygens (including phenoxy) is 1. The maximum absolute atomic E-state index is 12.6. The first kappa shape index (κ1) is 66.2. The summed E-state index contributed by atoms with van der Waals surface area (Å²) in [5, 5.41) is 74.5. The van der Waals surface area contributed by atoms with Crippen molar-refractivity contribution in [2.75, 3.05) is 28.7 Å². The number of esters is 1. The quantitative estimate of drug-likeness (QED) is 0.00717. The number of azo groups is 2. The van der Waals surface area contributed by atoms with Crippen LogP contribution in [0.5, 0.6) is 5.75 Å². The Morgan fingerprint density at radius 2 is 1.31 bits per heavy atom. The van der Waals surface area contributed by atoms with Crippen LogP contribution in [0, 0.1) is 0 Å². The maximum atomic E-state index is 12.6. The van der Waals surface area contributed by atoms with Crippen LogP contribution in [0.1, 0.15) is 6.92 Å². The number of aromatic nitrogens is 3. The van der Waals surface area contributed by atoms with Crippen LogP contribution in [0.3, 0.4) is 0 Å². The van der Waals surface area contributed by atoms with Gasteiger partial charge < -0.3 is 46.5 Å². The molecule has 1 aromatic heterocycles. The van der Waals surface area contributed by atoms with E-state index in [9.17, 15) is 47.1 Å². The van der Waals surface area contributed by atoms with Gasteiger partial charge in [0.1, 0.15) is 33.8 Å². The van der Waals surface area contributed by atoms with E-state index >= 15 is 0 Å². The molecule has 358 valence electrons. The SMILES string of the molecule is CC(=O)OCCS(=O)(=O)c1ccc(Nc2nc(Cl)nc(Nc3ccc(SOO[O-])c(N=Nc4c(S(=O)(=O)[O-])cc5cc(SOO[O-])c(N=Nc6ccc(SOO[O-])cc6)c(N)c5c4O)c3)n2)cc1.[Na+].[Na+].[Na+].[Na+]. The number of aromatic hydroxyl groups is 1. The molecule has 1 heterocycles. The van der Waals surface area contributed by atoms with Crippen molar-refractivity contribution in [1.29, 1.82) is 0 Å². The van der Waals surface area contributed by atoms with Crippen LogP contribution in [0.25, 0.3) is 10.8 Å².